The first kappa shape index (κ1) is 21.9. The van der Waals surface area contributed by atoms with Crippen molar-refractivity contribution in [3.63, 3.8) is 0 Å². The van der Waals surface area contributed by atoms with Crippen molar-refractivity contribution in [3.05, 3.63) is 0 Å². The van der Waals surface area contributed by atoms with E-state index in [1.807, 2.05) is 0 Å². The first-order chi connectivity index (χ1) is 10.9. The van der Waals surface area contributed by atoms with E-state index in [2.05, 4.69) is 24.5 Å². The lowest BCUT2D eigenvalue weighted by Crippen LogP contribution is -2.16. The van der Waals surface area contributed by atoms with Crippen LogP contribution < -0.4 is 10.6 Å². The lowest BCUT2D eigenvalue weighted by molar-refractivity contribution is 0.543. The highest BCUT2D eigenvalue weighted by Gasteiger charge is 1.93. The summed E-state index contributed by atoms with van der Waals surface area (Å²) in [7, 11) is 0. The van der Waals surface area contributed by atoms with Crippen LogP contribution in [0.2, 0.25) is 0 Å². The first-order valence-corrected chi connectivity index (χ1v) is 10.3. The molecule has 134 valence electrons. The molecule has 0 bridgehead atoms. The molecule has 2 N–H and O–H groups in total. The molecule has 0 aromatic rings. The smallest absolute Gasteiger partial charge is 0.00484 e. The summed E-state index contributed by atoms with van der Waals surface area (Å²) in [6.45, 7) is 9.53. The number of hydrogen-bond donors (Lipinski definition) is 2. The standard InChI is InChI=1S/C16H35N.C4H9N/c1-3-5-7-9-11-13-15-17-16-14-12-10-8-6-4-2;1-2-4-5-3-1/h17H,3-16H2,1-2H3;5H,1-4H2. The number of unbranched alkanes of at least 4 members (excludes halogenated alkanes) is 10. The highest BCUT2D eigenvalue weighted by atomic mass is 14.9. The maximum Gasteiger partial charge on any atom is -0.00484 e. The molecule has 0 aromatic heterocycles. The molecule has 0 atom stereocenters. The van der Waals surface area contributed by atoms with Gasteiger partial charge in [-0.1, -0.05) is 78.1 Å². The highest BCUT2D eigenvalue weighted by Crippen LogP contribution is 2.05. The third kappa shape index (κ3) is 19.9. The minimum Gasteiger partial charge on any atom is -0.317 e. The topological polar surface area (TPSA) is 24.1 Å². The van der Waals surface area contributed by atoms with E-state index >= 15 is 0 Å². The molecule has 2 heteroatoms. The van der Waals surface area contributed by atoms with Crippen LogP contribution >= 0.6 is 0 Å². The SMILES string of the molecule is C1CCNC1.CCCCCCCCNCCCCCCCC. The third-order valence-electron chi connectivity index (χ3n) is 4.37. The minimum absolute atomic E-state index is 1.24. The first-order valence-electron chi connectivity index (χ1n) is 10.3. The van der Waals surface area contributed by atoms with E-state index in [0.29, 0.717) is 0 Å². The van der Waals surface area contributed by atoms with Gasteiger partial charge in [0.05, 0.1) is 0 Å². The van der Waals surface area contributed by atoms with E-state index in [4.69, 9.17) is 0 Å². The van der Waals surface area contributed by atoms with Gasteiger partial charge >= 0.3 is 0 Å². The Balaban J connectivity index is 0.000000734. The van der Waals surface area contributed by atoms with Gasteiger partial charge in [0.15, 0.2) is 0 Å². The molecule has 22 heavy (non-hydrogen) atoms. The van der Waals surface area contributed by atoms with E-state index in [1.165, 1.54) is 116 Å². The molecule has 1 saturated heterocycles. The summed E-state index contributed by atoms with van der Waals surface area (Å²) in [6.07, 6.45) is 19.7. The summed E-state index contributed by atoms with van der Waals surface area (Å²) >= 11 is 0. The van der Waals surface area contributed by atoms with Gasteiger partial charge in [-0.2, -0.15) is 0 Å². The zero-order valence-corrected chi connectivity index (χ0v) is 15.7. The average Bonchev–Trinajstić information content (AvgIpc) is 3.12. The second kappa shape index (κ2) is 20.9. The molecule has 2 nitrogen and oxygen atoms in total. The fourth-order valence-corrected chi connectivity index (χ4v) is 2.81. The zero-order chi connectivity index (χ0) is 16.1. The van der Waals surface area contributed by atoms with Crippen molar-refractivity contribution in [1.29, 1.82) is 0 Å². The normalized spacial score (nSPS) is 13.9. The monoisotopic (exact) mass is 312 g/mol. The number of hydrogen-bond acceptors (Lipinski definition) is 2. The molecule has 0 saturated carbocycles. The van der Waals surface area contributed by atoms with Crippen LogP contribution in [-0.2, 0) is 0 Å². The zero-order valence-electron chi connectivity index (χ0n) is 15.7. The lowest BCUT2D eigenvalue weighted by atomic mass is 10.1. The van der Waals surface area contributed by atoms with Crippen molar-refractivity contribution < 1.29 is 0 Å². The van der Waals surface area contributed by atoms with Gasteiger partial charge in [-0.25, -0.2) is 0 Å². The highest BCUT2D eigenvalue weighted by molar-refractivity contribution is 4.55. The van der Waals surface area contributed by atoms with E-state index in [-0.39, 0.29) is 0 Å². The van der Waals surface area contributed by atoms with Crippen LogP contribution in [-0.4, -0.2) is 26.2 Å². The van der Waals surface area contributed by atoms with E-state index in [9.17, 15) is 0 Å². The molecule has 1 rings (SSSR count). The Bertz CT molecular complexity index is 157. The molecule has 1 heterocycles. The van der Waals surface area contributed by atoms with Crippen LogP contribution in [0.4, 0.5) is 0 Å². The molecule has 1 fully saturated rings. The van der Waals surface area contributed by atoms with Crippen LogP contribution in [0.5, 0.6) is 0 Å². The van der Waals surface area contributed by atoms with Crippen LogP contribution in [0, 0.1) is 0 Å². The van der Waals surface area contributed by atoms with E-state index < -0.39 is 0 Å². The maximum atomic E-state index is 3.57. The molecule has 1 aliphatic rings. The third-order valence-corrected chi connectivity index (χ3v) is 4.37. The van der Waals surface area contributed by atoms with Gasteiger partial charge in [0, 0.05) is 0 Å². The molecular weight excluding hydrogens is 268 g/mol. The van der Waals surface area contributed by atoms with Crippen LogP contribution in [0.25, 0.3) is 0 Å². The summed E-state index contributed by atoms with van der Waals surface area (Å²) in [6, 6.07) is 0. The molecule has 0 unspecified atom stereocenters. The second-order valence-electron chi connectivity index (χ2n) is 6.74. The van der Waals surface area contributed by atoms with Crippen molar-refractivity contribution in [2.24, 2.45) is 0 Å². The van der Waals surface area contributed by atoms with Crippen LogP contribution in [0.15, 0.2) is 0 Å². The maximum absolute atomic E-state index is 3.57. The molecule has 0 aliphatic carbocycles. The van der Waals surface area contributed by atoms with E-state index in [0.717, 1.165) is 0 Å². The van der Waals surface area contributed by atoms with Crippen molar-refractivity contribution in [2.45, 2.75) is 104 Å². The largest absolute Gasteiger partial charge is 0.317 e. The number of nitrogens with one attached hydrogen (secondary N) is 2. The predicted molar refractivity (Wildman–Crippen MR) is 102 cm³/mol. The molecule has 0 radical (unpaired) electrons. The molecule has 0 aromatic carbocycles. The summed E-state index contributed by atoms with van der Waals surface area (Å²) in [5.74, 6) is 0. The molecular formula is C20H44N2. The van der Waals surface area contributed by atoms with Gasteiger partial charge < -0.3 is 10.6 Å². The van der Waals surface area contributed by atoms with Crippen molar-refractivity contribution >= 4 is 0 Å². The molecule has 1 aliphatic heterocycles. The van der Waals surface area contributed by atoms with Gasteiger partial charge in [-0.05, 0) is 51.9 Å². The predicted octanol–water partition coefficient (Wildman–Crippen LogP) is 5.67. The second-order valence-corrected chi connectivity index (χ2v) is 6.74. The van der Waals surface area contributed by atoms with Gasteiger partial charge in [0.1, 0.15) is 0 Å². The summed E-state index contributed by atoms with van der Waals surface area (Å²) < 4.78 is 0. The number of rotatable bonds is 14. The Morgan fingerprint density at radius 1 is 0.591 bits per heavy atom. The Hall–Kier alpha value is -0.0800. The average molecular weight is 313 g/mol. The van der Waals surface area contributed by atoms with Crippen LogP contribution in [0.1, 0.15) is 104 Å². The fraction of sp³-hybridized carbons (Fsp3) is 1.00. The van der Waals surface area contributed by atoms with E-state index in [1.54, 1.807) is 0 Å². The molecule has 0 amide bonds. The summed E-state index contributed by atoms with van der Waals surface area (Å²) in [5, 5.41) is 6.79. The molecule has 0 spiro atoms. The van der Waals surface area contributed by atoms with Gasteiger partial charge in [0.2, 0.25) is 0 Å². The Morgan fingerprint density at radius 3 is 1.36 bits per heavy atom. The van der Waals surface area contributed by atoms with Gasteiger partial charge in [-0.15, -0.1) is 0 Å². The van der Waals surface area contributed by atoms with Crippen molar-refractivity contribution in [3.8, 4) is 0 Å². The van der Waals surface area contributed by atoms with Crippen molar-refractivity contribution in [1.82, 2.24) is 10.6 Å². The Morgan fingerprint density at radius 2 is 1.00 bits per heavy atom. The quantitative estimate of drug-likeness (QED) is 0.404. The summed E-state index contributed by atoms with van der Waals surface area (Å²) in [4.78, 5) is 0. The Labute approximate surface area is 141 Å². The Kier molecular flexibility index (Phi) is 20.8. The minimum atomic E-state index is 1.24. The van der Waals surface area contributed by atoms with Gasteiger partial charge in [0.25, 0.3) is 0 Å². The van der Waals surface area contributed by atoms with Gasteiger partial charge in [-0.3, -0.25) is 0 Å². The van der Waals surface area contributed by atoms with Crippen LogP contribution in [0.3, 0.4) is 0 Å². The fourth-order valence-electron chi connectivity index (χ4n) is 2.81. The van der Waals surface area contributed by atoms with Crippen molar-refractivity contribution in [2.75, 3.05) is 26.2 Å². The lowest BCUT2D eigenvalue weighted by Gasteiger charge is -2.04. The summed E-state index contributed by atoms with van der Waals surface area (Å²) in [5.41, 5.74) is 0.